The van der Waals surface area contributed by atoms with E-state index < -0.39 is 10.0 Å². The highest BCUT2D eigenvalue weighted by molar-refractivity contribution is 7.89. The Bertz CT molecular complexity index is 1450. The van der Waals surface area contributed by atoms with Gasteiger partial charge >= 0.3 is 0 Å². The highest BCUT2D eigenvalue weighted by atomic mass is 32.2. The fourth-order valence-electron chi connectivity index (χ4n) is 5.18. The number of aromatic nitrogens is 4. The Kier molecular flexibility index (Phi) is 7.10. The van der Waals surface area contributed by atoms with Gasteiger partial charge in [-0.25, -0.2) is 13.4 Å². The molecule has 5 rings (SSSR count). The van der Waals surface area contributed by atoms with Crippen LogP contribution in [0.25, 0.3) is 22.4 Å². The normalized spacial score (nSPS) is 17.7. The number of aromatic amines is 1. The van der Waals surface area contributed by atoms with Crippen molar-refractivity contribution in [2.75, 3.05) is 39.4 Å². The number of nitrogens with one attached hydrogen (secondary N) is 1. The van der Waals surface area contributed by atoms with Gasteiger partial charge in [-0.1, -0.05) is 13.3 Å². The number of aryl methyl sites for hydroxylation is 2. The van der Waals surface area contributed by atoms with Gasteiger partial charge in [0.2, 0.25) is 10.0 Å². The maximum absolute atomic E-state index is 13.5. The van der Waals surface area contributed by atoms with Crippen LogP contribution in [0.3, 0.4) is 0 Å². The fourth-order valence-corrected chi connectivity index (χ4v) is 6.72. The van der Waals surface area contributed by atoms with Gasteiger partial charge in [0.1, 0.15) is 17.1 Å². The van der Waals surface area contributed by atoms with Crippen molar-refractivity contribution in [3.8, 4) is 17.1 Å². The van der Waals surface area contributed by atoms with Gasteiger partial charge in [-0.3, -0.25) is 14.4 Å². The second kappa shape index (κ2) is 10.2. The molecule has 3 aromatic rings. The van der Waals surface area contributed by atoms with Crippen LogP contribution >= 0.6 is 0 Å². The number of nitrogens with zero attached hydrogens (tertiary/aromatic N) is 5. The molecule has 2 saturated heterocycles. The van der Waals surface area contributed by atoms with E-state index in [0.717, 1.165) is 31.6 Å². The second-order valence-corrected chi connectivity index (χ2v) is 11.8. The van der Waals surface area contributed by atoms with Crippen molar-refractivity contribution >= 4 is 21.1 Å². The van der Waals surface area contributed by atoms with E-state index in [1.807, 2.05) is 13.8 Å². The predicted molar refractivity (Wildman–Crippen MR) is 139 cm³/mol. The average molecular weight is 531 g/mol. The van der Waals surface area contributed by atoms with Gasteiger partial charge in [0.25, 0.3) is 5.56 Å². The summed E-state index contributed by atoms with van der Waals surface area (Å²) in [6, 6.07) is 4.91. The molecule has 0 aliphatic carbocycles. The molecular formula is C25H34N6O5S. The molecule has 11 nitrogen and oxygen atoms in total. The van der Waals surface area contributed by atoms with Crippen molar-refractivity contribution in [3.63, 3.8) is 0 Å². The molecule has 2 aliphatic heterocycles. The minimum Gasteiger partial charge on any atom is -0.493 e. The molecule has 0 amide bonds. The third-order valence-corrected chi connectivity index (χ3v) is 9.09. The van der Waals surface area contributed by atoms with E-state index in [9.17, 15) is 13.2 Å². The number of H-pyrrole nitrogens is 1. The lowest BCUT2D eigenvalue weighted by Gasteiger charge is -2.51. The summed E-state index contributed by atoms with van der Waals surface area (Å²) in [4.78, 5) is 22.9. The molecule has 200 valence electrons. The van der Waals surface area contributed by atoms with Crippen molar-refractivity contribution in [1.82, 2.24) is 29.0 Å². The zero-order valence-electron chi connectivity index (χ0n) is 21.5. The maximum atomic E-state index is 13.5. The summed E-state index contributed by atoms with van der Waals surface area (Å²) < 4.78 is 35.7. The zero-order valence-corrected chi connectivity index (χ0v) is 22.3. The van der Waals surface area contributed by atoms with Crippen molar-refractivity contribution in [3.05, 3.63) is 34.2 Å². The monoisotopic (exact) mass is 530 g/mol. The first-order valence-electron chi connectivity index (χ1n) is 12.8. The summed E-state index contributed by atoms with van der Waals surface area (Å²) in [7, 11) is -2.02. The number of fused-ring (bicyclic) bond motifs is 1. The SMILES string of the molecule is CCCc1nn(C)c2c(=O)[nH]c(-c3cc(S(=O)(=O)N4CC(N5CC(CCO)C5)C4)ccc3OCC)nc12. The van der Waals surface area contributed by atoms with Crippen molar-refractivity contribution in [2.45, 2.75) is 44.0 Å². The first-order valence-corrected chi connectivity index (χ1v) is 14.3. The molecule has 0 spiro atoms. The lowest BCUT2D eigenvalue weighted by Crippen LogP contribution is -2.66. The van der Waals surface area contributed by atoms with Crippen LogP contribution in [0.2, 0.25) is 0 Å². The molecule has 4 heterocycles. The lowest BCUT2D eigenvalue weighted by molar-refractivity contribution is -0.00849. The highest BCUT2D eigenvalue weighted by Crippen LogP contribution is 2.34. The Hall–Kier alpha value is -2.80. The van der Waals surface area contributed by atoms with E-state index in [0.29, 0.717) is 54.4 Å². The summed E-state index contributed by atoms with van der Waals surface area (Å²) >= 11 is 0. The number of benzene rings is 1. The first kappa shape index (κ1) is 25.8. The molecule has 2 N–H and O–H groups in total. The van der Waals surface area contributed by atoms with Crippen LogP contribution < -0.4 is 10.3 Å². The van der Waals surface area contributed by atoms with Crippen molar-refractivity contribution < 1.29 is 18.3 Å². The second-order valence-electron chi connectivity index (χ2n) is 9.83. The Morgan fingerprint density at radius 3 is 2.62 bits per heavy atom. The van der Waals surface area contributed by atoms with Crippen LogP contribution in [0.1, 0.15) is 32.4 Å². The number of likely N-dealkylation sites (tertiary alicyclic amines) is 1. The fraction of sp³-hybridized carbons (Fsp3) is 0.560. The summed E-state index contributed by atoms with van der Waals surface area (Å²) in [5.41, 5.74) is 1.70. The van der Waals surface area contributed by atoms with Crippen molar-refractivity contribution in [2.24, 2.45) is 13.0 Å². The summed E-state index contributed by atoms with van der Waals surface area (Å²) in [5.74, 6) is 1.19. The van der Waals surface area contributed by atoms with E-state index in [1.54, 1.807) is 19.2 Å². The van der Waals surface area contributed by atoms with E-state index in [2.05, 4.69) is 15.0 Å². The quantitative estimate of drug-likeness (QED) is 0.401. The zero-order chi connectivity index (χ0) is 26.3. The van der Waals surface area contributed by atoms with Gasteiger partial charge < -0.3 is 14.8 Å². The number of aliphatic hydroxyl groups excluding tert-OH is 1. The Balaban J connectivity index is 1.45. The summed E-state index contributed by atoms with van der Waals surface area (Å²) in [5, 5.41) is 13.6. The molecule has 12 heteroatoms. The topological polar surface area (TPSA) is 134 Å². The molecule has 1 aromatic carbocycles. The van der Waals surface area contributed by atoms with E-state index >= 15 is 0 Å². The number of aliphatic hydroxyl groups is 1. The third-order valence-electron chi connectivity index (χ3n) is 7.26. The van der Waals surface area contributed by atoms with E-state index in [4.69, 9.17) is 14.8 Å². The number of hydrogen-bond acceptors (Lipinski definition) is 8. The van der Waals surface area contributed by atoms with Gasteiger partial charge in [-0.05, 0) is 43.9 Å². The van der Waals surface area contributed by atoms with Crippen LogP contribution in [0.5, 0.6) is 5.75 Å². The molecular weight excluding hydrogens is 496 g/mol. The van der Waals surface area contributed by atoms with Crippen molar-refractivity contribution in [1.29, 1.82) is 0 Å². The Morgan fingerprint density at radius 1 is 1.19 bits per heavy atom. The third kappa shape index (κ3) is 4.67. The Labute approximate surface area is 216 Å². The van der Waals surface area contributed by atoms with E-state index in [-0.39, 0.29) is 28.9 Å². The van der Waals surface area contributed by atoms with Crippen LogP contribution in [0.4, 0.5) is 0 Å². The van der Waals surface area contributed by atoms with Gasteiger partial charge in [-0.15, -0.1) is 0 Å². The molecule has 37 heavy (non-hydrogen) atoms. The van der Waals surface area contributed by atoms with Crippen LogP contribution in [0, 0.1) is 5.92 Å². The number of rotatable bonds is 10. The summed E-state index contributed by atoms with van der Waals surface area (Å²) in [6.45, 7) is 7.13. The van der Waals surface area contributed by atoms with Crippen LogP contribution in [-0.4, -0.2) is 87.9 Å². The largest absolute Gasteiger partial charge is 0.493 e. The molecule has 2 aromatic heterocycles. The number of hydrogen-bond donors (Lipinski definition) is 2. The molecule has 0 unspecified atom stereocenters. The average Bonchev–Trinajstić information content (AvgIpc) is 3.12. The van der Waals surface area contributed by atoms with Crippen LogP contribution in [-0.2, 0) is 23.5 Å². The number of sulfonamides is 1. The van der Waals surface area contributed by atoms with Gasteiger partial charge in [0.15, 0.2) is 5.52 Å². The molecule has 2 fully saturated rings. The molecule has 0 bridgehead atoms. The first-order chi connectivity index (χ1) is 17.8. The molecule has 0 radical (unpaired) electrons. The number of ether oxygens (including phenoxy) is 1. The minimum absolute atomic E-state index is 0.133. The minimum atomic E-state index is -3.73. The molecule has 0 saturated carbocycles. The van der Waals surface area contributed by atoms with Gasteiger partial charge in [0, 0.05) is 45.9 Å². The molecule has 0 atom stereocenters. The van der Waals surface area contributed by atoms with Gasteiger partial charge in [0.05, 0.1) is 22.8 Å². The predicted octanol–water partition coefficient (Wildman–Crippen LogP) is 1.36. The lowest BCUT2D eigenvalue weighted by atomic mass is 9.93. The van der Waals surface area contributed by atoms with Gasteiger partial charge in [-0.2, -0.15) is 9.40 Å². The standard InChI is InChI=1S/C25H34N6O5S/c1-4-6-20-22-23(29(3)28-20)25(33)27-24(26-22)19-11-18(7-8-21(19)36-5-2)37(34,35)31-14-17(15-31)30-12-16(13-30)9-10-32/h7-8,11,16-17,32H,4-6,9-10,12-15H2,1-3H3,(H,26,27,33). The maximum Gasteiger partial charge on any atom is 0.277 e. The molecule has 2 aliphatic rings. The smallest absolute Gasteiger partial charge is 0.277 e. The summed E-state index contributed by atoms with van der Waals surface area (Å²) in [6.07, 6.45) is 2.32. The Morgan fingerprint density at radius 2 is 1.95 bits per heavy atom. The van der Waals surface area contributed by atoms with Crippen LogP contribution in [0.15, 0.2) is 27.9 Å². The van der Waals surface area contributed by atoms with E-state index in [1.165, 1.54) is 15.1 Å². The highest BCUT2D eigenvalue weighted by Gasteiger charge is 2.43.